The topological polar surface area (TPSA) is 65.0 Å². The molecular weight excluding hydrogens is 458 g/mol. The Bertz CT molecular complexity index is 1520. The van der Waals surface area contributed by atoms with Gasteiger partial charge in [0.2, 0.25) is 0 Å². The van der Waals surface area contributed by atoms with Crippen molar-refractivity contribution in [2.45, 2.75) is 13.8 Å². The van der Waals surface area contributed by atoms with Crippen LogP contribution in [-0.4, -0.2) is 15.3 Å². The predicted molar refractivity (Wildman–Crippen MR) is 137 cm³/mol. The van der Waals surface area contributed by atoms with Crippen LogP contribution in [0.3, 0.4) is 0 Å². The lowest BCUT2D eigenvalue weighted by Crippen LogP contribution is -1.84. The molecule has 5 nitrogen and oxygen atoms in total. The minimum absolute atomic E-state index is 0.590. The highest BCUT2D eigenvalue weighted by Gasteiger charge is 2.13. The van der Waals surface area contributed by atoms with Crippen LogP contribution in [0, 0.1) is 38.0 Å². The smallest absolute Gasteiger partial charge is 0.149 e. The second-order valence-corrected chi connectivity index (χ2v) is 7.85. The molecule has 0 aliphatic carbocycles. The Morgan fingerprint density at radius 2 is 1.26 bits per heavy atom. The first-order valence-electron chi connectivity index (χ1n) is 10.7. The quantitative estimate of drug-likeness (QED) is 0.264. The van der Waals surface area contributed by atoms with Crippen LogP contribution in [0.5, 0.6) is 0 Å². The van der Waals surface area contributed by atoms with E-state index in [4.69, 9.17) is 27.1 Å². The van der Waals surface area contributed by atoms with Gasteiger partial charge >= 0.3 is 0 Å². The van der Waals surface area contributed by atoms with Crippen molar-refractivity contribution in [3.8, 4) is 46.7 Å². The van der Waals surface area contributed by atoms with Crippen LogP contribution >= 0.6 is 11.6 Å². The highest BCUT2D eigenvalue weighted by atomic mass is 35.5. The van der Waals surface area contributed by atoms with Gasteiger partial charge in [-0.25, -0.2) is 4.98 Å². The van der Waals surface area contributed by atoms with Crippen molar-refractivity contribution >= 4 is 11.6 Å². The first-order valence-corrected chi connectivity index (χ1v) is 11.1. The summed E-state index contributed by atoms with van der Waals surface area (Å²) in [4.78, 5) is 4.15. The van der Waals surface area contributed by atoms with Gasteiger partial charge in [-0.1, -0.05) is 94.4 Å². The molecule has 0 saturated heterocycles. The lowest BCUT2D eigenvalue weighted by atomic mass is 10.1. The van der Waals surface area contributed by atoms with E-state index in [9.17, 15) is 0 Å². The summed E-state index contributed by atoms with van der Waals surface area (Å²) in [6.45, 7) is 3.66. The third-order valence-electron chi connectivity index (χ3n) is 5.01. The summed E-state index contributed by atoms with van der Waals surface area (Å²) in [5.74, 6) is 10.1. The molecule has 0 N–H and O–H groups in total. The molecule has 0 radical (unpaired) electrons. The first-order chi connectivity index (χ1) is 17.1. The minimum atomic E-state index is 0.590. The second-order valence-electron chi connectivity index (χ2n) is 7.41. The zero-order valence-corrected chi connectivity index (χ0v) is 19.9. The maximum Gasteiger partial charge on any atom is 0.149 e. The third kappa shape index (κ3) is 5.68. The maximum atomic E-state index is 5.81. The molecule has 0 spiro atoms. The molecule has 170 valence electrons. The summed E-state index contributed by atoms with van der Waals surface area (Å²) >= 11 is 5.81. The molecule has 0 aliphatic heterocycles. The van der Waals surface area contributed by atoms with Gasteiger partial charge in [-0.15, -0.1) is 6.42 Å². The second kappa shape index (κ2) is 11.0. The van der Waals surface area contributed by atoms with Crippen molar-refractivity contribution in [3.63, 3.8) is 0 Å². The molecule has 0 atom stereocenters. The summed E-state index contributed by atoms with van der Waals surface area (Å²) in [5.41, 5.74) is 5.60. The molecule has 2 aromatic carbocycles. The Labute approximate surface area is 208 Å². The molecule has 5 rings (SSSR count). The standard InChI is InChI=1S/C17H11ClN2O.C12H9NO/c1-12-16(10-9-15-8-7-14(18)11-19-15)17(20-21-12)13-5-3-2-4-6-13;1-3-11-9(2)14-13-12(11)10-7-5-4-6-8-10/h2-8,11H,1H3;1,4-8H,2H3. The van der Waals surface area contributed by atoms with Crippen LogP contribution in [0.1, 0.15) is 28.3 Å². The number of halogens is 1. The van der Waals surface area contributed by atoms with Crippen molar-refractivity contribution in [3.05, 3.63) is 112 Å². The molecule has 5 aromatic rings. The van der Waals surface area contributed by atoms with Gasteiger partial charge in [0.15, 0.2) is 0 Å². The van der Waals surface area contributed by atoms with Gasteiger partial charge in [-0.3, -0.25) is 0 Å². The highest BCUT2D eigenvalue weighted by Crippen LogP contribution is 2.25. The number of pyridine rings is 1. The monoisotopic (exact) mass is 477 g/mol. The van der Waals surface area contributed by atoms with E-state index in [-0.39, 0.29) is 0 Å². The van der Waals surface area contributed by atoms with E-state index in [1.54, 1.807) is 18.3 Å². The molecule has 0 fully saturated rings. The predicted octanol–water partition coefficient (Wildman–Crippen LogP) is 6.73. The normalized spacial score (nSPS) is 9.89. The fraction of sp³-hybridized carbons (Fsp3) is 0.0690. The number of rotatable bonds is 2. The van der Waals surface area contributed by atoms with Gasteiger partial charge in [-0.05, 0) is 31.9 Å². The fourth-order valence-electron chi connectivity index (χ4n) is 3.22. The molecule has 0 aliphatic rings. The average Bonchev–Trinajstić information content (AvgIpc) is 3.46. The van der Waals surface area contributed by atoms with E-state index in [0.29, 0.717) is 22.2 Å². The Hall–Kier alpha value is -4.58. The Kier molecular flexibility index (Phi) is 7.43. The van der Waals surface area contributed by atoms with Gasteiger partial charge in [0.25, 0.3) is 0 Å². The SMILES string of the molecule is C#Cc1c(-c2ccccc2)noc1C.Cc1onc(-c2ccccc2)c1C#Cc1ccc(Cl)cn1. The third-order valence-corrected chi connectivity index (χ3v) is 5.23. The number of aryl methyl sites for hydroxylation is 2. The summed E-state index contributed by atoms with van der Waals surface area (Å²) in [7, 11) is 0. The minimum Gasteiger partial charge on any atom is -0.360 e. The average molecular weight is 478 g/mol. The van der Waals surface area contributed by atoms with E-state index < -0.39 is 0 Å². The lowest BCUT2D eigenvalue weighted by molar-refractivity contribution is 0.399. The zero-order chi connectivity index (χ0) is 24.6. The Morgan fingerprint density at radius 3 is 1.77 bits per heavy atom. The molecule has 0 amide bonds. The maximum absolute atomic E-state index is 5.81. The number of hydrogen-bond acceptors (Lipinski definition) is 5. The van der Waals surface area contributed by atoms with E-state index in [0.717, 1.165) is 33.6 Å². The van der Waals surface area contributed by atoms with Crippen LogP contribution < -0.4 is 0 Å². The number of benzene rings is 2. The Morgan fingerprint density at radius 1 is 0.714 bits per heavy atom. The number of aromatic nitrogens is 3. The molecule has 35 heavy (non-hydrogen) atoms. The van der Waals surface area contributed by atoms with Gasteiger partial charge in [0, 0.05) is 17.3 Å². The van der Waals surface area contributed by atoms with E-state index in [1.165, 1.54) is 0 Å². The summed E-state index contributed by atoms with van der Waals surface area (Å²) < 4.78 is 10.3. The highest BCUT2D eigenvalue weighted by molar-refractivity contribution is 6.30. The lowest BCUT2D eigenvalue weighted by Gasteiger charge is -1.95. The number of nitrogens with zero attached hydrogens (tertiary/aromatic N) is 3. The molecule has 6 heteroatoms. The fourth-order valence-corrected chi connectivity index (χ4v) is 3.34. The van der Waals surface area contributed by atoms with Gasteiger partial charge in [0.05, 0.1) is 16.1 Å². The molecule has 0 bridgehead atoms. The van der Waals surface area contributed by atoms with Crippen LogP contribution in [0.2, 0.25) is 5.02 Å². The summed E-state index contributed by atoms with van der Waals surface area (Å²) in [5, 5.41) is 8.62. The Balaban J connectivity index is 0.000000179. The van der Waals surface area contributed by atoms with E-state index in [1.807, 2.05) is 74.5 Å². The van der Waals surface area contributed by atoms with Crippen LogP contribution in [0.4, 0.5) is 0 Å². The van der Waals surface area contributed by atoms with Gasteiger partial charge in [-0.2, -0.15) is 0 Å². The zero-order valence-electron chi connectivity index (χ0n) is 19.1. The molecule has 0 unspecified atom stereocenters. The van der Waals surface area contributed by atoms with Crippen LogP contribution in [-0.2, 0) is 0 Å². The molecule has 3 heterocycles. The van der Waals surface area contributed by atoms with E-state index in [2.05, 4.69) is 33.1 Å². The van der Waals surface area contributed by atoms with Crippen LogP contribution in [0.25, 0.3) is 22.5 Å². The molecule has 0 saturated carbocycles. The van der Waals surface area contributed by atoms with Crippen molar-refractivity contribution in [2.75, 3.05) is 0 Å². The van der Waals surface area contributed by atoms with Crippen molar-refractivity contribution < 1.29 is 9.05 Å². The first kappa shape index (κ1) is 23.6. The van der Waals surface area contributed by atoms with Gasteiger partial charge < -0.3 is 9.05 Å². The summed E-state index contributed by atoms with van der Waals surface area (Å²) in [6.07, 6.45) is 6.96. The van der Waals surface area contributed by atoms with Crippen molar-refractivity contribution in [1.82, 2.24) is 15.3 Å². The van der Waals surface area contributed by atoms with Gasteiger partial charge in [0.1, 0.15) is 28.6 Å². The van der Waals surface area contributed by atoms with E-state index >= 15 is 0 Å². The molecular formula is C29H20ClN3O2. The molecule has 3 aromatic heterocycles. The largest absolute Gasteiger partial charge is 0.360 e. The van der Waals surface area contributed by atoms with Crippen LogP contribution in [0.15, 0.2) is 88.0 Å². The summed E-state index contributed by atoms with van der Waals surface area (Å²) in [6, 6.07) is 23.1. The van der Waals surface area contributed by atoms with Crippen molar-refractivity contribution in [1.29, 1.82) is 0 Å². The van der Waals surface area contributed by atoms with Crippen molar-refractivity contribution in [2.24, 2.45) is 0 Å². The number of hydrogen-bond donors (Lipinski definition) is 0. The number of terminal acetylenes is 1.